The summed E-state index contributed by atoms with van der Waals surface area (Å²) in [6.45, 7) is 6.60. The molecule has 1 N–H and O–H groups in total. The van der Waals surface area contributed by atoms with E-state index in [0.717, 1.165) is 11.8 Å². The summed E-state index contributed by atoms with van der Waals surface area (Å²) in [7, 11) is 0. The Hall–Kier alpha value is 0.270. The van der Waals surface area contributed by atoms with Crippen molar-refractivity contribution in [3.63, 3.8) is 0 Å². The summed E-state index contributed by atoms with van der Waals surface area (Å²) in [5, 5.41) is 3.49. The molecule has 0 spiro atoms. The first-order valence-corrected chi connectivity index (χ1v) is 7.21. The van der Waals surface area contributed by atoms with E-state index in [0.29, 0.717) is 0 Å². The molecule has 2 nitrogen and oxygen atoms in total. The van der Waals surface area contributed by atoms with Crippen LogP contribution in [0.25, 0.3) is 0 Å². The molecule has 82 valence electrons. The van der Waals surface area contributed by atoms with E-state index in [1.165, 1.54) is 51.3 Å². The summed E-state index contributed by atoms with van der Waals surface area (Å²) in [4.78, 5) is 2.68. The van der Waals surface area contributed by atoms with Crippen molar-refractivity contribution in [1.29, 1.82) is 0 Å². The normalized spacial score (nSPS) is 32.4. The Bertz CT molecular complexity index is 163. The van der Waals surface area contributed by atoms with Crippen LogP contribution in [0.5, 0.6) is 0 Å². The molecule has 0 aliphatic carbocycles. The number of likely N-dealkylation sites (tertiary alicyclic amines) is 1. The molecule has 0 radical (unpaired) electrons. The third kappa shape index (κ3) is 2.65. The van der Waals surface area contributed by atoms with Crippen LogP contribution in [0.2, 0.25) is 0 Å². The predicted molar refractivity (Wildman–Crippen MR) is 63.9 cm³/mol. The lowest BCUT2D eigenvalue weighted by Gasteiger charge is -2.16. The molecule has 0 bridgehead atoms. The molecule has 2 rings (SSSR count). The fourth-order valence-electron chi connectivity index (χ4n) is 2.72. The summed E-state index contributed by atoms with van der Waals surface area (Å²) < 4.78 is 0. The van der Waals surface area contributed by atoms with Crippen LogP contribution in [0.15, 0.2) is 0 Å². The molecule has 0 aromatic carbocycles. The van der Waals surface area contributed by atoms with E-state index < -0.39 is 0 Å². The largest absolute Gasteiger partial charge is 0.316 e. The minimum absolute atomic E-state index is 0.968. The number of hydrogen-bond acceptors (Lipinski definition) is 3. The Morgan fingerprint density at radius 2 is 1.93 bits per heavy atom. The standard InChI is InChI=1S/C11H22N2S/c1-14-5-3-2-4-13-8-10-6-12-7-11(10)9-13/h10-12H,2-9H2,1H3/t10-,11+. The smallest absolute Gasteiger partial charge is 0.00255 e. The van der Waals surface area contributed by atoms with Gasteiger partial charge in [-0.15, -0.1) is 0 Å². The van der Waals surface area contributed by atoms with Gasteiger partial charge >= 0.3 is 0 Å². The van der Waals surface area contributed by atoms with Gasteiger partial charge in [0.05, 0.1) is 0 Å². The lowest BCUT2D eigenvalue weighted by Crippen LogP contribution is -2.26. The van der Waals surface area contributed by atoms with Crippen molar-refractivity contribution in [2.24, 2.45) is 11.8 Å². The monoisotopic (exact) mass is 214 g/mol. The highest BCUT2D eigenvalue weighted by Crippen LogP contribution is 2.26. The molecule has 2 atom stereocenters. The first kappa shape index (κ1) is 10.8. The van der Waals surface area contributed by atoms with Gasteiger partial charge in [-0.1, -0.05) is 0 Å². The Balaban J connectivity index is 1.60. The van der Waals surface area contributed by atoms with Crippen LogP contribution in [0.3, 0.4) is 0 Å². The molecule has 2 saturated heterocycles. The van der Waals surface area contributed by atoms with E-state index >= 15 is 0 Å². The lowest BCUT2D eigenvalue weighted by molar-refractivity contribution is 0.308. The van der Waals surface area contributed by atoms with Crippen LogP contribution in [-0.2, 0) is 0 Å². The Labute approximate surface area is 91.8 Å². The highest BCUT2D eigenvalue weighted by molar-refractivity contribution is 7.98. The van der Waals surface area contributed by atoms with E-state index in [1.54, 1.807) is 0 Å². The molecule has 3 heteroatoms. The average Bonchev–Trinajstić information content (AvgIpc) is 2.72. The molecule has 14 heavy (non-hydrogen) atoms. The second-order valence-corrected chi connectivity index (χ2v) is 5.62. The third-order valence-electron chi connectivity index (χ3n) is 3.54. The predicted octanol–water partition coefficient (Wildman–Crippen LogP) is 1.28. The summed E-state index contributed by atoms with van der Waals surface area (Å²) in [5.41, 5.74) is 0. The van der Waals surface area contributed by atoms with Gasteiger partial charge < -0.3 is 10.2 Å². The maximum atomic E-state index is 3.49. The van der Waals surface area contributed by atoms with Gasteiger partial charge in [0.1, 0.15) is 0 Å². The molecule has 0 aromatic rings. The van der Waals surface area contributed by atoms with Crippen LogP contribution in [0, 0.1) is 11.8 Å². The van der Waals surface area contributed by atoms with E-state index in [4.69, 9.17) is 0 Å². The summed E-state index contributed by atoms with van der Waals surface area (Å²) >= 11 is 1.97. The zero-order chi connectivity index (χ0) is 9.80. The fourth-order valence-corrected chi connectivity index (χ4v) is 3.21. The third-order valence-corrected chi connectivity index (χ3v) is 4.23. The van der Waals surface area contributed by atoms with Crippen molar-refractivity contribution >= 4 is 11.8 Å². The molecular formula is C11H22N2S. The number of nitrogens with one attached hydrogen (secondary N) is 1. The van der Waals surface area contributed by atoms with Gasteiger partial charge in [-0.2, -0.15) is 11.8 Å². The second-order valence-electron chi connectivity index (χ2n) is 4.64. The maximum absolute atomic E-state index is 3.49. The minimum Gasteiger partial charge on any atom is -0.316 e. The van der Waals surface area contributed by atoms with Crippen molar-refractivity contribution < 1.29 is 0 Å². The highest BCUT2D eigenvalue weighted by Gasteiger charge is 2.35. The van der Waals surface area contributed by atoms with E-state index in [2.05, 4.69) is 16.5 Å². The van der Waals surface area contributed by atoms with Crippen molar-refractivity contribution in [2.75, 3.05) is 44.7 Å². The van der Waals surface area contributed by atoms with Crippen molar-refractivity contribution in [3.8, 4) is 0 Å². The minimum atomic E-state index is 0.968. The van der Waals surface area contributed by atoms with Gasteiger partial charge in [0.25, 0.3) is 0 Å². The van der Waals surface area contributed by atoms with Crippen molar-refractivity contribution in [3.05, 3.63) is 0 Å². The zero-order valence-corrected chi connectivity index (χ0v) is 9.98. The highest BCUT2D eigenvalue weighted by atomic mass is 32.2. The lowest BCUT2D eigenvalue weighted by atomic mass is 10.0. The first-order chi connectivity index (χ1) is 6.90. The fraction of sp³-hybridized carbons (Fsp3) is 1.00. The van der Waals surface area contributed by atoms with Gasteiger partial charge in [0.2, 0.25) is 0 Å². The van der Waals surface area contributed by atoms with Crippen molar-refractivity contribution in [2.45, 2.75) is 12.8 Å². The Morgan fingerprint density at radius 1 is 1.21 bits per heavy atom. The van der Waals surface area contributed by atoms with Gasteiger partial charge in [0.15, 0.2) is 0 Å². The maximum Gasteiger partial charge on any atom is 0.00255 e. The van der Waals surface area contributed by atoms with Crippen LogP contribution >= 0.6 is 11.8 Å². The summed E-state index contributed by atoms with van der Waals surface area (Å²) in [5.74, 6) is 3.27. The second kappa shape index (κ2) is 5.38. The number of thioether (sulfide) groups is 1. The number of rotatable bonds is 5. The molecule has 0 saturated carbocycles. The first-order valence-electron chi connectivity index (χ1n) is 5.82. The molecule has 2 aliphatic heterocycles. The Kier molecular flexibility index (Phi) is 4.14. The quantitative estimate of drug-likeness (QED) is 0.694. The van der Waals surface area contributed by atoms with E-state index in [9.17, 15) is 0 Å². The van der Waals surface area contributed by atoms with Crippen LogP contribution < -0.4 is 5.32 Å². The molecule has 0 unspecified atom stereocenters. The summed E-state index contributed by atoms with van der Waals surface area (Å²) in [6.07, 6.45) is 4.99. The zero-order valence-electron chi connectivity index (χ0n) is 9.17. The molecule has 2 aliphatic rings. The topological polar surface area (TPSA) is 15.3 Å². The van der Waals surface area contributed by atoms with E-state index in [-0.39, 0.29) is 0 Å². The number of unbranched alkanes of at least 4 members (excludes halogenated alkanes) is 1. The van der Waals surface area contributed by atoms with Gasteiger partial charge in [-0.25, -0.2) is 0 Å². The van der Waals surface area contributed by atoms with Crippen LogP contribution in [0.4, 0.5) is 0 Å². The molecule has 0 aromatic heterocycles. The van der Waals surface area contributed by atoms with Crippen LogP contribution in [-0.4, -0.2) is 49.6 Å². The van der Waals surface area contributed by atoms with Gasteiger partial charge in [-0.05, 0) is 56.3 Å². The number of nitrogens with zero attached hydrogens (tertiary/aromatic N) is 1. The van der Waals surface area contributed by atoms with Gasteiger partial charge in [-0.3, -0.25) is 0 Å². The van der Waals surface area contributed by atoms with E-state index in [1.807, 2.05) is 11.8 Å². The number of fused-ring (bicyclic) bond motifs is 1. The molecule has 2 fully saturated rings. The molecule has 2 heterocycles. The molecular weight excluding hydrogens is 192 g/mol. The van der Waals surface area contributed by atoms with Gasteiger partial charge in [0, 0.05) is 13.1 Å². The van der Waals surface area contributed by atoms with Crippen LogP contribution in [0.1, 0.15) is 12.8 Å². The SMILES string of the molecule is CSCCCCN1C[C@H]2CNC[C@H]2C1. The van der Waals surface area contributed by atoms with Crippen molar-refractivity contribution in [1.82, 2.24) is 10.2 Å². The number of hydrogen-bond donors (Lipinski definition) is 1. The summed E-state index contributed by atoms with van der Waals surface area (Å²) in [6, 6.07) is 0. The molecule has 0 amide bonds. The average molecular weight is 214 g/mol. The Morgan fingerprint density at radius 3 is 2.57 bits per heavy atom.